The van der Waals surface area contributed by atoms with Crippen molar-refractivity contribution in [3.8, 4) is 22.6 Å². The fraction of sp³-hybridized carbons (Fsp3) is 0.136. The quantitative estimate of drug-likeness (QED) is 0.387. The third kappa shape index (κ3) is 4.12. The van der Waals surface area contributed by atoms with Crippen LogP contribution in [0.15, 0.2) is 54.6 Å². The van der Waals surface area contributed by atoms with Crippen molar-refractivity contribution in [1.82, 2.24) is 0 Å². The minimum atomic E-state index is -0.493. The molecule has 0 aromatic heterocycles. The first-order valence-electron chi connectivity index (χ1n) is 9.24. The van der Waals surface area contributed by atoms with E-state index in [1.807, 2.05) is 25.1 Å². The summed E-state index contributed by atoms with van der Waals surface area (Å²) >= 11 is 0. The number of hydrogen-bond donors (Lipinski definition) is 1. The standard InChI is InChI=1S/C22H21BN2O5/c1-13-7-9-17(21(30-3)20(13)29-2)14-5-4-6-15(11-14)22(26)24-19-12-16(25(27)28)8-10-18(19)23/h4-12H,23H2,1-3H3,(H,24,26). The lowest BCUT2D eigenvalue weighted by Gasteiger charge is -2.15. The molecule has 0 atom stereocenters. The van der Waals surface area contributed by atoms with Crippen LogP contribution in [0.1, 0.15) is 15.9 Å². The van der Waals surface area contributed by atoms with Crippen molar-refractivity contribution in [1.29, 1.82) is 0 Å². The average molecular weight is 404 g/mol. The van der Waals surface area contributed by atoms with Crippen LogP contribution in [0.5, 0.6) is 11.5 Å². The van der Waals surface area contributed by atoms with Crippen molar-refractivity contribution in [2.75, 3.05) is 19.5 Å². The Morgan fingerprint density at radius 3 is 2.43 bits per heavy atom. The van der Waals surface area contributed by atoms with Gasteiger partial charge in [0.2, 0.25) is 0 Å². The van der Waals surface area contributed by atoms with Gasteiger partial charge in [0.15, 0.2) is 11.5 Å². The highest BCUT2D eigenvalue weighted by Crippen LogP contribution is 2.40. The Morgan fingerprint density at radius 2 is 1.77 bits per heavy atom. The first kappa shape index (κ1) is 20.9. The van der Waals surface area contributed by atoms with E-state index < -0.39 is 4.92 Å². The largest absolute Gasteiger partial charge is 0.493 e. The van der Waals surface area contributed by atoms with E-state index >= 15 is 0 Å². The Bertz CT molecular complexity index is 1130. The number of hydrogen-bond acceptors (Lipinski definition) is 5. The number of methoxy groups -OCH3 is 2. The topological polar surface area (TPSA) is 90.7 Å². The molecule has 7 nitrogen and oxygen atoms in total. The second kappa shape index (κ2) is 8.69. The number of ether oxygens (including phenoxy) is 2. The van der Waals surface area contributed by atoms with Gasteiger partial charge < -0.3 is 14.8 Å². The summed E-state index contributed by atoms with van der Waals surface area (Å²) in [5, 5.41) is 13.8. The van der Waals surface area contributed by atoms with Gasteiger partial charge in [0.05, 0.1) is 19.1 Å². The van der Waals surface area contributed by atoms with Gasteiger partial charge in [0.1, 0.15) is 7.85 Å². The maximum atomic E-state index is 12.8. The number of nitro benzene ring substituents is 1. The zero-order valence-corrected chi connectivity index (χ0v) is 17.2. The molecular formula is C22H21BN2O5. The molecule has 152 valence electrons. The third-order valence-corrected chi connectivity index (χ3v) is 4.83. The molecule has 1 amide bonds. The Hall–Kier alpha value is -3.81. The van der Waals surface area contributed by atoms with Crippen molar-refractivity contribution in [2.45, 2.75) is 6.92 Å². The van der Waals surface area contributed by atoms with E-state index in [4.69, 9.17) is 9.47 Å². The second-order valence-corrected chi connectivity index (χ2v) is 6.79. The highest BCUT2D eigenvalue weighted by atomic mass is 16.6. The summed E-state index contributed by atoms with van der Waals surface area (Å²) in [4.78, 5) is 23.4. The van der Waals surface area contributed by atoms with Crippen LogP contribution in [0.2, 0.25) is 0 Å². The van der Waals surface area contributed by atoms with Crippen LogP contribution >= 0.6 is 0 Å². The highest BCUT2D eigenvalue weighted by Gasteiger charge is 2.17. The Balaban J connectivity index is 1.96. The van der Waals surface area contributed by atoms with Gasteiger partial charge >= 0.3 is 0 Å². The van der Waals surface area contributed by atoms with E-state index in [1.165, 1.54) is 12.1 Å². The van der Waals surface area contributed by atoms with Crippen LogP contribution in [-0.2, 0) is 0 Å². The lowest BCUT2D eigenvalue weighted by molar-refractivity contribution is -0.384. The normalized spacial score (nSPS) is 10.4. The van der Waals surface area contributed by atoms with E-state index in [0.29, 0.717) is 22.7 Å². The van der Waals surface area contributed by atoms with Crippen molar-refractivity contribution in [3.05, 3.63) is 75.8 Å². The van der Waals surface area contributed by atoms with Crippen LogP contribution in [0.4, 0.5) is 11.4 Å². The lowest BCUT2D eigenvalue weighted by Crippen LogP contribution is -2.19. The molecule has 0 spiro atoms. The molecule has 0 bridgehead atoms. The number of non-ortho nitro benzene ring substituents is 1. The number of nitrogens with zero attached hydrogens (tertiary/aromatic N) is 1. The van der Waals surface area contributed by atoms with Crippen molar-refractivity contribution < 1.29 is 19.2 Å². The summed E-state index contributed by atoms with van der Waals surface area (Å²) < 4.78 is 11.0. The molecule has 0 unspecified atom stereocenters. The molecule has 0 radical (unpaired) electrons. The smallest absolute Gasteiger partial charge is 0.271 e. The molecule has 30 heavy (non-hydrogen) atoms. The lowest BCUT2D eigenvalue weighted by atomic mass is 9.93. The summed E-state index contributed by atoms with van der Waals surface area (Å²) in [6.07, 6.45) is 0. The van der Waals surface area contributed by atoms with Gasteiger partial charge in [-0.2, -0.15) is 0 Å². The Kier molecular flexibility index (Phi) is 6.06. The van der Waals surface area contributed by atoms with E-state index in [2.05, 4.69) is 5.32 Å². The number of amides is 1. The Morgan fingerprint density at radius 1 is 1.03 bits per heavy atom. The number of rotatable bonds is 6. The molecule has 3 aromatic carbocycles. The maximum absolute atomic E-state index is 12.8. The van der Waals surface area contributed by atoms with Gasteiger partial charge in [-0.3, -0.25) is 14.9 Å². The van der Waals surface area contributed by atoms with Crippen molar-refractivity contribution in [2.24, 2.45) is 0 Å². The zero-order valence-electron chi connectivity index (χ0n) is 17.2. The fourth-order valence-electron chi connectivity index (χ4n) is 3.23. The van der Waals surface area contributed by atoms with E-state index in [-0.39, 0.29) is 11.6 Å². The second-order valence-electron chi connectivity index (χ2n) is 6.79. The predicted molar refractivity (Wildman–Crippen MR) is 119 cm³/mol. The van der Waals surface area contributed by atoms with Gasteiger partial charge in [0.25, 0.3) is 11.6 Å². The molecule has 0 aliphatic heterocycles. The van der Waals surface area contributed by atoms with Crippen LogP contribution in [0, 0.1) is 17.0 Å². The molecule has 8 heteroatoms. The fourth-order valence-corrected chi connectivity index (χ4v) is 3.23. The maximum Gasteiger partial charge on any atom is 0.271 e. The van der Waals surface area contributed by atoms with Gasteiger partial charge in [0, 0.05) is 28.9 Å². The van der Waals surface area contributed by atoms with E-state index in [9.17, 15) is 14.9 Å². The minimum Gasteiger partial charge on any atom is -0.493 e. The predicted octanol–water partition coefficient (Wildman–Crippen LogP) is 3.10. The summed E-state index contributed by atoms with van der Waals surface area (Å²) in [5.41, 5.74) is 3.98. The molecule has 3 rings (SSSR count). The first-order chi connectivity index (χ1) is 14.3. The monoisotopic (exact) mass is 404 g/mol. The average Bonchev–Trinajstić information content (AvgIpc) is 2.74. The highest BCUT2D eigenvalue weighted by molar-refractivity contribution is 6.36. The number of nitro groups is 1. The molecule has 0 fully saturated rings. The van der Waals surface area contributed by atoms with Gasteiger partial charge in [-0.15, -0.1) is 0 Å². The summed E-state index contributed by atoms with van der Waals surface area (Å²) in [6, 6.07) is 15.3. The molecule has 3 aromatic rings. The number of nitrogens with one attached hydrogen (secondary N) is 1. The number of carbonyl (C=O) groups is 1. The summed E-state index contributed by atoms with van der Waals surface area (Å²) in [7, 11) is 4.93. The van der Waals surface area contributed by atoms with Crippen LogP contribution in [0.3, 0.4) is 0 Å². The van der Waals surface area contributed by atoms with Crippen LogP contribution in [0.25, 0.3) is 11.1 Å². The van der Waals surface area contributed by atoms with Crippen LogP contribution in [-0.4, -0.2) is 32.9 Å². The molecule has 0 aliphatic rings. The van der Waals surface area contributed by atoms with Gasteiger partial charge in [-0.05, 0) is 30.2 Å². The molecule has 0 aliphatic carbocycles. The Labute approximate surface area is 175 Å². The number of anilines is 1. The van der Waals surface area contributed by atoms with Gasteiger partial charge in [-0.25, -0.2) is 0 Å². The number of aryl methyl sites for hydroxylation is 1. The zero-order chi connectivity index (χ0) is 21.8. The van der Waals surface area contributed by atoms with Crippen molar-refractivity contribution in [3.63, 3.8) is 0 Å². The number of benzene rings is 3. The molecule has 0 saturated heterocycles. The first-order valence-corrected chi connectivity index (χ1v) is 9.24. The third-order valence-electron chi connectivity index (χ3n) is 4.83. The molecular weight excluding hydrogens is 383 g/mol. The molecule has 0 saturated carbocycles. The summed E-state index contributed by atoms with van der Waals surface area (Å²) in [5.74, 6) is 0.861. The molecule has 0 heterocycles. The molecule has 1 N–H and O–H groups in total. The van der Waals surface area contributed by atoms with Crippen LogP contribution < -0.4 is 20.3 Å². The minimum absolute atomic E-state index is 0.0823. The van der Waals surface area contributed by atoms with E-state index in [1.54, 1.807) is 46.3 Å². The summed E-state index contributed by atoms with van der Waals surface area (Å²) in [6.45, 7) is 1.93. The number of carbonyl (C=O) groups excluding carboxylic acids is 1. The van der Waals surface area contributed by atoms with Gasteiger partial charge in [-0.1, -0.05) is 35.8 Å². The van der Waals surface area contributed by atoms with Crippen molar-refractivity contribution >= 4 is 30.6 Å². The van der Waals surface area contributed by atoms with E-state index in [0.717, 1.165) is 22.2 Å². The SMILES string of the molecule is Bc1ccc([N+](=O)[O-])cc1NC(=O)c1cccc(-c2ccc(C)c(OC)c2OC)c1.